The third-order valence-corrected chi connectivity index (χ3v) is 2.21. The fourth-order valence-electron chi connectivity index (χ4n) is 1.36. The number of urea groups is 1. The van der Waals surface area contributed by atoms with E-state index in [2.05, 4.69) is 22.5 Å². The molecule has 0 unspecified atom stereocenters. The minimum absolute atomic E-state index is 0.117. The van der Waals surface area contributed by atoms with Crippen molar-refractivity contribution in [2.24, 2.45) is 0 Å². The summed E-state index contributed by atoms with van der Waals surface area (Å²) in [4.78, 5) is 13.5. The summed E-state index contributed by atoms with van der Waals surface area (Å²) < 4.78 is 0. The SMILES string of the molecule is CCN(CCCO)CCNC(=O)NC(C)C. The van der Waals surface area contributed by atoms with Gasteiger partial charge in [0.05, 0.1) is 0 Å². The molecule has 0 saturated heterocycles. The Hall–Kier alpha value is -0.810. The van der Waals surface area contributed by atoms with Gasteiger partial charge in [0.15, 0.2) is 0 Å². The molecule has 0 heterocycles. The van der Waals surface area contributed by atoms with Gasteiger partial charge in [-0.25, -0.2) is 4.79 Å². The molecule has 0 radical (unpaired) electrons. The number of rotatable bonds is 8. The molecule has 0 rings (SSSR count). The number of nitrogens with one attached hydrogen (secondary N) is 2. The largest absolute Gasteiger partial charge is 0.396 e. The highest BCUT2D eigenvalue weighted by molar-refractivity contribution is 5.74. The van der Waals surface area contributed by atoms with E-state index in [4.69, 9.17) is 5.11 Å². The van der Waals surface area contributed by atoms with E-state index < -0.39 is 0 Å². The molecule has 0 aromatic carbocycles. The molecule has 2 amide bonds. The maximum Gasteiger partial charge on any atom is 0.315 e. The van der Waals surface area contributed by atoms with Crippen LogP contribution in [-0.4, -0.2) is 54.9 Å². The molecule has 0 bridgehead atoms. The summed E-state index contributed by atoms with van der Waals surface area (Å²) >= 11 is 0. The van der Waals surface area contributed by atoms with E-state index in [1.807, 2.05) is 13.8 Å². The first kappa shape index (κ1) is 15.2. The molecule has 0 aliphatic rings. The Kier molecular flexibility index (Phi) is 8.94. The summed E-state index contributed by atoms with van der Waals surface area (Å²) in [6.45, 7) is 9.43. The lowest BCUT2D eigenvalue weighted by Gasteiger charge is -2.20. The summed E-state index contributed by atoms with van der Waals surface area (Å²) in [6.07, 6.45) is 0.784. The Labute approximate surface area is 98.2 Å². The molecule has 5 nitrogen and oxygen atoms in total. The zero-order valence-electron chi connectivity index (χ0n) is 10.6. The van der Waals surface area contributed by atoms with Crippen molar-refractivity contribution in [1.29, 1.82) is 0 Å². The van der Waals surface area contributed by atoms with Crippen molar-refractivity contribution in [1.82, 2.24) is 15.5 Å². The number of amides is 2. The maximum absolute atomic E-state index is 11.3. The summed E-state index contributed by atoms with van der Waals surface area (Å²) in [6, 6.07) is 0.0462. The van der Waals surface area contributed by atoms with Crippen LogP contribution in [0.5, 0.6) is 0 Å². The van der Waals surface area contributed by atoms with E-state index in [0.717, 1.165) is 26.1 Å². The van der Waals surface area contributed by atoms with Crippen LogP contribution in [0.25, 0.3) is 0 Å². The highest BCUT2D eigenvalue weighted by Gasteiger charge is 2.04. The normalized spacial score (nSPS) is 10.9. The molecule has 3 N–H and O–H groups in total. The number of likely N-dealkylation sites (N-methyl/N-ethyl adjacent to an activating group) is 1. The number of carbonyl (C=O) groups is 1. The average molecular weight is 231 g/mol. The minimum Gasteiger partial charge on any atom is -0.396 e. The van der Waals surface area contributed by atoms with Crippen molar-refractivity contribution in [3.05, 3.63) is 0 Å². The minimum atomic E-state index is -0.117. The van der Waals surface area contributed by atoms with Gasteiger partial charge < -0.3 is 20.6 Å². The van der Waals surface area contributed by atoms with E-state index in [-0.39, 0.29) is 18.7 Å². The molecular formula is C11H25N3O2. The van der Waals surface area contributed by atoms with Gasteiger partial charge in [-0.3, -0.25) is 0 Å². The lowest BCUT2D eigenvalue weighted by molar-refractivity contribution is 0.222. The molecule has 0 aromatic heterocycles. The zero-order valence-corrected chi connectivity index (χ0v) is 10.6. The predicted molar refractivity (Wildman–Crippen MR) is 65.5 cm³/mol. The van der Waals surface area contributed by atoms with Crippen LogP contribution in [0, 0.1) is 0 Å². The summed E-state index contributed by atoms with van der Waals surface area (Å²) in [5.41, 5.74) is 0. The second kappa shape index (κ2) is 9.42. The van der Waals surface area contributed by atoms with Gasteiger partial charge in [-0.1, -0.05) is 6.92 Å². The van der Waals surface area contributed by atoms with Gasteiger partial charge in [0.2, 0.25) is 0 Å². The zero-order chi connectivity index (χ0) is 12.4. The molecule has 0 spiro atoms. The number of aliphatic hydroxyl groups excluding tert-OH is 1. The summed E-state index contributed by atoms with van der Waals surface area (Å²) in [5.74, 6) is 0. The fraction of sp³-hybridized carbons (Fsp3) is 0.909. The molecule has 5 heteroatoms. The second-order valence-electron chi connectivity index (χ2n) is 4.07. The van der Waals surface area contributed by atoms with Crippen molar-refractivity contribution in [2.75, 3.05) is 32.8 Å². The summed E-state index contributed by atoms with van der Waals surface area (Å²) in [7, 11) is 0. The van der Waals surface area contributed by atoms with Gasteiger partial charge >= 0.3 is 6.03 Å². The number of hydrogen-bond acceptors (Lipinski definition) is 3. The van der Waals surface area contributed by atoms with Crippen LogP contribution < -0.4 is 10.6 Å². The molecule has 16 heavy (non-hydrogen) atoms. The van der Waals surface area contributed by atoms with Crippen molar-refractivity contribution in [2.45, 2.75) is 33.2 Å². The lowest BCUT2D eigenvalue weighted by atomic mass is 10.4. The van der Waals surface area contributed by atoms with Gasteiger partial charge in [-0.05, 0) is 26.8 Å². The Bertz CT molecular complexity index is 186. The van der Waals surface area contributed by atoms with Crippen LogP contribution in [0.4, 0.5) is 4.79 Å². The van der Waals surface area contributed by atoms with Crippen LogP contribution in [-0.2, 0) is 0 Å². The molecule has 0 aliphatic heterocycles. The van der Waals surface area contributed by atoms with Crippen molar-refractivity contribution in [3.63, 3.8) is 0 Å². The van der Waals surface area contributed by atoms with Crippen molar-refractivity contribution >= 4 is 6.03 Å². The molecule has 0 fully saturated rings. The third kappa shape index (κ3) is 8.49. The highest BCUT2D eigenvalue weighted by Crippen LogP contribution is 1.89. The standard InChI is InChI=1S/C11H25N3O2/c1-4-14(7-5-9-15)8-6-12-11(16)13-10(2)3/h10,15H,4-9H2,1-3H3,(H2,12,13,16). The fourth-order valence-corrected chi connectivity index (χ4v) is 1.36. The number of carbonyl (C=O) groups excluding carboxylic acids is 1. The number of hydrogen-bond donors (Lipinski definition) is 3. The lowest BCUT2D eigenvalue weighted by Crippen LogP contribution is -2.43. The first-order chi connectivity index (χ1) is 7.60. The second-order valence-corrected chi connectivity index (χ2v) is 4.07. The highest BCUT2D eigenvalue weighted by atomic mass is 16.3. The van der Waals surface area contributed by atoms with E-state index in [0.29, 0.717) is 6.54 Å². The Morgan fingerprint density at radius 1 is 1.38 bits per heavy atom. The number of nitrogens with zero attached hydrogens (tertiary/aromatic N) is 1. The first-order valence-electron chi connectivity index (χ1n) is 5.97. The van der Waals surface area contributed by atoms with Gasteiger partial charge in [-0.2, -0.15) is 0 Å². The first-order valence-corrected chi connectivity index (χ1v) is 5.97. The van der Waals surface area contributed by atoms with Crippen molar-refractivity contribution in [3.8, 4) is 0 Å². The Balaban J connectivity index is 3.57. The van der Waals surface area contributed by atoms with Crippen LogP contribution in [0.2, 0.25) is 0 Å². The quantitative estimate of drug-likeness (QED) is 0.566. The van der Waals surface area contributed by atoms with Crippen LogP contribution in [0.3, 0.4) is 0 Å². The smallest absolute Gasteiger partial charge is 0.315 e. The van der Waals surface area contributed by atoms with E-state index in [1.54, 1.807) is 0 Å². The van der Waals surface area contributed by atoms with Gasteiger partial charge in [0.25, 0.3) is 0 Å². The third-order valence-electron chi connectivity index (χ3n) is 2.21. The van der Waals surface area contributed by atoms with E-state index in [9.17, 15) is 4.79 Å². The van der Waals surface area contributed by atoms with Gasteiger partial charge in [0.1, 0.15) is 0 Å². The number of aliphatic hydroxyl groups is 1. The van der Waals surface area contributed by atoms with Gasteiger partial charge in [0, 0.05) is 32.3 Å². The monoisotopic (exact) mass is 231 g/mol. The molecule has 0 atom stereocenters. The van der Waals surface area contributed by atoms with E-state index >= 15 is 0 Å². The molecule has 0 aromatic rings. The Morgan fingerprint density at radius 2 is 2.06 bits per heavy atom. The molecule has 0 aliphatic carbocycles. The molecule has 0 saturated carbocycles. The average Bonchev–Trinajstić information content (AvgIpc) is 2.22. The molecular weight excluding hydrogens is 206 g/mol. The predicted octanol–water partition coefficient (Wildman–Crippen LogP) is 0.398. The molecule has 96 valence electrons. The van der Waals surface area contributed by atoms with Crippen LogP contribution >= 0.6 is 0 Å². The topological polar surface area (TPSA) is 64.6 Å². The maximum atomic E-state index is 11.3. The van der Waals surface area contributed by atoms with Gasteiger partial charge in [-0.15, -0.1) is 0 Å². The summed E-state index contributed by atoms with van der Waals surface area (Å²) in [5, 5.41) is 14.3. The van der Waals surface area contributed by atoms with Crippen LogP contribution in [0.15, 0.2) is 0 Å². The van der Waals surface area contributed by atoms with Crippen LogP contribution in [0.1, 0.15) is 27.2 Å². The van der Waals surface area contributed by atoms with Crippen molar-refractivity contribution < 1.29 is 9.90 Å². The Morgan fingerprint density at radius 3 is 2.56 bits per heavy atom. The van der Waals surface area contributed by atoms with E-state index in [1.165, 1.54) is 0 Å².